The van der Waals surface area contributed by atoms with Gasteiger partial charge in [-0.1, -0.05) is 25.8 Å². The van der Waals surface area contributed by atoms with Gasteiger partial charge in [-0.15, -0.1) is 0 Å². The highest BCUT2D eigenvalue weighted by atomic mass is 16.5. The summed E-state index contributed by atoms with van der Waals surface area (Å²) in [4.78, 5) is 0. The van der Waals surface area contributed by atoms with Gasteiger partial charge in [-0.05, 0) is 62.3 Å². The van der Waals surface area contributed by atoms with Crippen molar-refractivity contribution < 1.29 is 4.74 Å². The monoisotopic (exact) mass is 275 g/mol. The molecule has 1 fully saturated rings. The number of hydrogen-bond donors (Lipinski definition) is 1. The fourth-order valence-electron chi connectivity index (χ4n) is 3.18. The van der Waals surface area contributed by atoms with Crippen molar-refractivity contribution in [3.8, 4) is 5.75 Å². The molecule has 2 unspecified atom stereocenters. The smallest absolute Gasteiger partial charge is 0.122 e. The van der Waals surface area contributed by atoms with Crippen molar-refractivity contribution in [3.63, 3.8) is 0 Å². The van der Waals surface area contributed by atoms with Crippen LogP contribution in [-0.4, -0.2) is 19.2 Å². The van der Waals surface area contributed by atoms with Crippen LogP contribution in [0, 0.1) is 26.7 Å². The number of hydrogen-bond acceptors (Lipinski definition) is 2. The van der Waals surface area contributed by atoms with E-state index in [1.807, 2.05) is 0 Å². The number of benzene rings is 1. The minimum Gasteiger partial charge on any atom is -0.492 e. The fraction of sp³-hybridized carbons (Fsp3) is 0.667. The van der Waals surface area contributed by atoms with E-state index in [4.69, 9.17) is 4.74 Å². The van der Waals surface area contributed by atoms with Crippen molar-refractivity contribution >= 4 is 0 Å². The minimum atomic E-state index is 0.688. The zero-order valence-corrected chi connectivity index (χ0v) is 13.5. The van der Waals surface area contributed by atoms with Crippen LogP contribution in [0.1, 0.15) is 49.3 Å². The molecule has 2 atom stereocenters. The molecule has 0 saturated heterocycles. The van der Waals surface area contributed by atoms with Gasteiger partial charge in [0.15, 0.2) is 0 Å². The first kappa shape index (κ1) is 15.4. The van der Waals surface area contributed by atoms with Gasteiger partial charge in [-0.25, -0.2) is 0 Å². The van der Waals surface area contributed by atoms with Crippen LogP contribution >= 0.6 is 0 Å². The Kier molecular flexibility index (Phi) is 5.47. The maximum Gasteiger partial charge on any atom is 0.122 e. The molecule has 20 heavy (non-hydrogen) atoms. The minimum absolute atomic E-state index is 0.688. The molecule has 0 aliphatic heterocycles. The van der Waals surface area contributed by atoms with Gasteiger partial charge < -0.3 is 10.1 Å². The van der Waals surface area contributed by atoms with E-state index in [9.17, 15) is 0 Å². The summed E-state index contributed by atoms with van der Waals surface area (Å²) in [6.45, 7) is 10.5. The molecule has 1 aromatic carbocycles. The van der Waals surface area contributed by atoms with Crippen molar-refractivity contribution in [1.82, 2.24) is 5.32 Å². The Morgan fingerprint density at radius 2 is 1.90 bits per heavy atom. The first-order chi connectivity index (χ1) is 9.58. The molecule has 1 aliphatic rings. The van der Waals surface area contributed by atoms with Crippen molar-refractivity contribution in [3.05, 3.63) is 28.8 Å². The summed E-state index contributed by atoms with van der Waals surface area (Å²) in [5, 5.41) is 3.67. The van der Waals surface area contributed by atoms with Crippen LogP contribution in [0.25, 0.3) is 0 Å². The Balaban J connectivity index is 1.78. The number of rotatable bonds is 5. The second-order valence-electron chi connectivity index (χ2n) is 6.38. The van der Waals surface area contributed by atoms with Crippen LogP contribution in [0.5, 0.6) is 5.75 Å². The average Bonchev–Trinajstić information content (AvgIpc) is 2.41. The van der Waals surface area contributed by atoms with Gasteiger partial charge in [-0.3, -0.25) is 0 Å². The van der Waals surface area contributed by atoms with E-state index < -0.39 is 0 Å². The van der Waals surface area contributed by atoms with Crippen LogP contribution < -0.4 is 10.1 Å². The van der Waals surface area contributed by atoms with Gasteiger partial charge in [0.2, 0.25) is 0 Å². The van der Waals surface area contributed by atoms with Gasteiger partial charge in [0, 0.05) is 12.6 Å². The lowest BCUT2D eigenvalue weighted by Crippen LogP contribution is -2.39. The van der Waals surface area contributed by atoms with Gasteiger partial charge in [0.1, 0.15) is 12.4 Å². The summed E-state index contributed by atoms with van der Waals surface area (Å²) in [5.74, 6) is 1.85. The fourth-order valence-corrected chi connectivity index (χ4v) is 3.18. The van der Waals surface area contributed by atoms with E-state index in [0.29, 0.717) is 6.04 Å². The first-order valence-corrected chi connectivity index (χ1v) is 8.02. The normalized spacial score (nSPS) is 22.8. The zero-order chi connectivity index (χ0) is 14.5. The Morgan fingerprint density at radius 3 is 2.65 bits per heavy atom. The number of aryl methyl sites for hydroxylation is 2. The van der Waals surface area contributed by atoms with E-state index in [-0.39, 0.29) is 0 Å². The highest BCUT2D eigenvalue weighted by Crippen LogP contribution is 2.24. The van der Waals surface area contributed by atoms with E-state index in [0.717, 1.165) is 24.8 Å². The van der Waals surface area contributed by atoms with Crippen LogP contribution in [0.3, 0.4) is 0 Å². The van der Waals surface area contributed by atoms with Gasteiger partial charge in [0.25, 0.3) is 0 Å². The third-order valence-electron chi connectivity index (χ3n) is 4.64. The molecule has 0 radical (unpaired) electrons. The molecule has 0 spiro atoms. The largest absolute Gasteiger partial charge is 0.492 e. The molecular formula is C18H29NO. The molecular weight excluding hydrogens is 246 g/mol. The molecule has 2 rings (SSSR count). The standard InChI is InChI=1S/C18H29NO/c1-13-11-15(3)16(4)18(12-13)20-10-9-19-17-8-6-5-7-14(17)2/h11-12,14,17,19H,5-10H2,1-4H3. The second kappa shape index (κ2) is 7.12. The highest BCUT2D eigenvalue weighted by Gasteiger charge is 2.20. The highest BCUT2D eigenvalue weighted by molar-refractivity contribution is 5.41. The lowest BCUT2D eigenvalue weighted by molar-refractivity contribution is 0.250. The van der Waals surface area contributed by atoms with Gasteiger partial charge in [0.05, 0.1) is 0 Å². The maximum atomic E-state index is 5.96. The quantitative estimate of drug-likeness (QED) is 0.815. The van der Waals surface area contributed by atoms with Gasteiger partial charge in [-0.2, -0.15) is 0 Å². The lowest BCUT2D eigenvalue weighted by Gasteiger charge is -2.29. The van der Waals surface area contributed by atoms with Crippen LogP contribution in [0.15, 0.2) is 12.1 Å². The topological polar surface area (TPSA) is 21.3 Å². The molecule has 1 N–H and O–H groups in total. The molecule has 2 nitrogen and oxygen atoms in total. The maximum absolute atomic E-state index is 5.96. The van der Waals surface area contributed by atoms with E-state index in [1.165, 1.54) is 42.4 Å². The second-order valence-corrected chi connectivity index (χ2v) is 6.38. The Hall–Kier alpha value is -1.02. The van der Waals surface area contributed by atoms with Gasteiger partial charge >= 0.3 is 0 Å². The summed E-state index contributed by atoms with van der Waals surface area (Å²) in [6.07, 6.45) is 5.47. The lowest BCUT2D eigenvalue weighted by atomic mass is 9.86. The molecule has 0 aromatic heterocycles. The summed E-state index contributed by atoms with van der Waals surface area (Å²) in [6, 6.07) is 5.04. The van der Waals surface area contributed by atoms with E-state index >= 15 is 0 Å². The molecule has 1 aliphatic carbocycles. The van der Waals surface area contributed by atoms with Crippen LogP contribution in [0.4, 0.5) is 0 Å². The number of nitrogens with one attached hydrogen (secondary N) is 1. The van der Waals surface area contributed by atoms with Crippen LogP contribution in [0.2, 0.25) is 0 Å². The molecule has 1 aromatic rings. The third-order valence-corrected chi connectivity index (χ3v) is 4.64. The first-order valence-electron chi connectivity index (χ1n) is 8.02. The summed E-state index contributed by atoms with van der Waals surface area (Å²) in [5.41, 5.74) is 3.85. The predicted octanol–water partition coefficient (Wildman–Crippen LogP) is 4.16. The molecule has 2 heteroatoms. The van der Waals surface area contributed by atoms with Crippen LogP contribution in [-0.2, 0) is 0 Å². The molecule has 0 bridgehead atoms. The molecule has 0 heterocycles. The predicted molar refractivity (Wildman–Crippen MR) is 85.6 cm³/mol. The molecule has 112 valence electrons. The van der Waals surface area contributed by atoms with E-state index in [1.54, 1.807) is 0 Å². The number of ether oxygens (including phenoxy) is 1. The molecule has 1 saturated carbocycles. The Labute approximate surface area is 123 Å². The summed E-state index contributed by atoms with van der Waals surface area (Å²) >= 11 is 0. The Bertz CT molecular complexity index is 441. The third kappa shape index (κ3) is 3.99. The van der Waals surface area contributed by atoms with E-state index in [2.05, 4.69) is 45.1 Å². The summed E-state index contributed by atoms with van der Waals surface area (Å²) in [7, 11) is 0. The molecule has 0 amide bonds. The Morgan fingerprint density at radius 1 is 1.15 bits per heavy atom. The average molecular weight is 275 g/mol. The van der Waals surface area contributed by atoms with Crippen molar-refractivity contribution in [2.75, 3.05) is 13.2 Å². The summed E-state index contributed by atoms with van der Waals surface area (Å²) < 4.78 is 5.96. The van der Waals surface area contributed by atoms with Crippen molar-refractivity contribution in [2.24, 2.45) is 5.92 Å². The zero-order valence-electron chi connectivity index (χ0n) is 13.5. The SMILES string of the molecule is Cc1cc(C)c(C)c(OCCNC2CCCCC2C)c1. The van der Waals surface area contributed by atoms with Crippen molar-refractivity contribution in [2.45, 2.75) is 59.4 Å². The van der Waals surface area contributed by atoms with Crippen molar-refractivity contribution in [1.29, 1.82) is 0 Å².